The van der Waals surface area contributed by atoms with E-state index in [4.69, 9.17) is 14.2 Å². The topological polar surface area (TPSA) is 154 Å². The second-order valence-electron chi connectivity index (χ2n) is 20.2. The van der Waals surface area contributed by atoms with E-state index in [0.29, 0.717) is 12.8 Å². The number of carbonyl (C=O) groups is 5. The molecule has 10 atom stereocenters. The quantitative estimate of drug-likeness (QED) is 0.215. The third kappa shape index (κ3) is 5.01. The van der Waals surface area contributed by atoms with Crippen molar-refractivity contribution < 1.29 is 48.4 Å². The molecule has 1 saturated heterocycles. The van der Waals surface area contributed by atoms with Gasteiger partial charge in [0.25, 0.3) is 0 Å². The lowest BCUT2D eigenvalue weighted by Gasteiger charge is -2.74. The van der Waals surface area contributed by atoms with Gasteiger partial charge in [-0.3, -0.25) is 4.79 Å². The van der Waals surface area contributed by atoms with Crippen LogP contribution >= 0.6 is 0 Å². The minimum absolute atomic E-state index is 0.0176. The van der Waals surface area contributed by atoms with Crippen LogP contribution in [0.2, 0.25) is 0 Å². The number of hydrogen-bond donors (Lipinski definition) is 2. The summed E-state index contributed by atoms with van der Waals surface area (Å²) in [6.45, 7) is 15.8. The summed E-state index contributed by atoms with van der Waals surface area (Å²) in [6, 6.07) is 12.3. The lowest BCUT2D eigenvalue weighted by molar-refractivity contribution is -0.316. The molecule has 1 heterocycles. The van der Waals surface area contributed by atoms with Gasteiger partial charge in [0.05, 0.1) is 27.7 Å². The molecule has 6 fully saturated rings. The van der Waals surface area contributed by atoms with Crippen LogP contribution in [0.15, 0.2) is 48.5 Å². The lowest BCUT2D eigenvalue weighted by Crippen LogP contribution is -2.76. The van der Waals surface area contributed by atoms with E-state index in [9.17, 15) is 34.2 Å². The van der Waals surface area contributed by atoms with Gasteiger partial charge in [-0.1, -0.05) is 72.7 Å². The molecule has 2 aromatic carbocycles. The number of fused-ring (bicyclic) bond motifs is 4. The van der Waals surface area contributed by atoms with Crippen molar-refractivity contribution >= 4 is 29.8 Å². The maximum Gasteiger partial charge on any atom is 0.339 e. The number of hydrogen-bond acceptors (Lipinski definition) is 8. The van der Waals surface area contributed by atoms with Crippen molar-refractivity contribution in [1.82, 2.24) is 0 Å². The lowest BCUT2D eigenvalue weighted by atomic mass is 9.30. The normalized spacial score (nSPS) is 40.1. The zero-order valence-corrected chi connectivity index (χ0v) is 33.7. The number of aromatic carboxylic acids is 2. The molecule has 2 aromatic rings. The Morgan fingerprint density at radius 1 is 0.643 bits per heavy atom. The van der Waals surface area contributed by atoms with Crippen molar-refractivity contribution in [3.05, 3.63) is 70.8 Å². The van der Waals surface area contributed by atoms with Crippen molar-refractivity contribution in [3.8, 4) is 0 Å². The predicted molar refractivity (Wildman–Crippen MR) is 205 cm³/mol. The Labute approximate surface area is 329 Å². The standard InChI is InChI=1S/C46H56O10/c1-40(2)20-22-45-23-21-44(7)43(6)19-16-30-41(3,4)33(54-37(51)28-14-10-8-12-26(28)35(47)48)17-18-42(30,5)31(43)24-34(46(44,32(45)25-40)56-39(45)53)55-38(52)29-15-11-9-13-27(29)36(49)50/h8-15,30-34H,16-25H2,1-7H3,(H,47,48)(H,49,50)/t30-,31+,32+,33-,34-,42-,43+,44-,45-,46+/m0/s1. The summed E-state index contributed by atoms with van der Waals surface area (Å²) < 4.78 is 19.9. The zero-order chi connectivity index (χ0) is 40.4. The molecule has 1 spiro atoms. The number of carboxylic acids is 2. The van der Waals surface area contributed by atoms with E-state index in [0.717, 1.165) is 51.4 Å². The minimum Gasteiger partial charge on any atom is -0.478 e. The summed E-state index contributed by atoms with van der Waals surface area (Å²) in [7, 11) is 0. The molecule has 2 bridgehead atoms. The Bertz CT molecular complexity index is 2030. The molecular weight excluding hydrogens is 712 g/mol. The van der Waals surface area contributed by atoms with Gasteiger partial charge in [-0.05, 0) is 117 Å². The maximum atomic E-state index is 14.5. The van der Waals surface area contributed by atoms with Gasteiger partial charge in [-0.2, -0.15) is 0 Å². The fourth-order valence-corrected chi connectivity index (χ4v) is 14.2. The van der Waals surface area contributed by atoms with Gasteiger partial charge in [-0.25, -0.2) is 19.2 Å². The molecule has 6 aliphatic rings. The van der Waals surface area contributed by atoms with Crippen molar-refractivity contribution in [2.75, 3.05) is 0 Å². The van der Waals surface area contributed by atoms with E-state index in [2.05, 4.69) is 48.5 Å². The van der Waals surface area contributed by atoms with E-state index >= 15 is 0 Å². The molecule has 56 heavy (non-hydrogen) atoms. The van der Waals surface area contributed by atoms with Crippen LogP contribution in [0.3, 0.4) is 0 Å². The molecular formula is C46H56O10. The third-order valence-electron chi connectivity index (χ3n) is 17.2. The second-order valence-corrected chi connectivity index (χ2v) is 20.2. The number of esters is 3. The van der Waals surface area contributed by atoms with E-state index in [-0.39, 0.29) is 62.2 Å². The molecule has 2 N–H and O–H groups in total. The number of ether oxygens (including phenoxy) is 3. The molecule has 0 amide bonds. The van der Waals surface area contributed by atoms with Crippen molar-refractivity contribution in [2.45, 2.75) is 130 Å². The Morgan fingerprint density at radius 2 is 1.18 bits per heavy atom. The predicted octanol–water partition coefficient (Wildman–Crippen LogP) is 9.00. The van der Waals surface area contributed by atoms with Crippen LogP contribution in [0.5, 0.6) is 0 Å². The first-order chi connectivity index (χ1) is 26.2. The van der Waals surface area contributed by atoms with Gasteiger partial charge in [0.15, 0.2) is 5.60 Å². The average molecular weight is 769 g/mol. The fourth-order valence-electron chi connectivity index (χ4n) is 14.2. The molecule has 10 heteroatoms. The number of benzene rings is 2. The van der Waals surface area contributed by atoms with E-state index < -0.39 is 57.9 Å². The third-order valence-corrected chi connectivity index (χ3v) is 17.2. The largest absolute Gasteiger partial charge is 0.478 e. The zero-order valence-electron chi connectivity index (χ0n) is 33.7. The van der Waals surface area contributed by atoms with Crippen LogP contribution in [0.25, 0.3) is 0 Å². The molecule has 10 nitrogen and oxygen atoms in total. The molecule has 0 unspecified atom stereocenters. The van der Waals surface area contributed by atoms with Crippen LogP contribution in [-0.2, 0) is 19.0 Å². The van der Waals surface area contributed by atoms with Crippen molar-refractivity contribution in [1.29, 1.82) is 0 Å². The summed E-state index contributed by atoms with van der Waals surface area (Å²) in [4.78, 5) is 66.7. The maximum absolute atomic E-state index is 14.5. The SMILES string of the molecule is CC1(C)CC[C@@]23CC[C@]4(C)[C@](OC2=O)([C@@H](OC(=O)c2ccccc2C(=O)O)C[C@@H]2[C@@]5(C)CC[C@H](OC(=O)c6ccccc6C(=O)O)C(C)(C)[C@@H]5CC[C@]24C)[C@@H]3C1. The van der Waals surface area contributed by atoms with Crippen LogP contribution in [0.4, 0.5) is 0 Å². The van der Waals surface area contributed by atoms with Crippen LogP contribution in [-0.4, -0.2) is 57.9 Å². The van der Waals surface area contributed by atoms with E-state index in [1.54, 1.807) is 24.3 Å². The average Bonchev–Trinajstić information content (AvgIpc) is 3.32. The first kappa shape index (κ1) is 38.7. The highest BCUT2D eigenvalue weighted by atomic mass is 16.6. The monoisotopic (exact) mass is 768 g/mol. The highest BCUT2D eigenvalue weighted by molar-refractivity contribution is 6.03. The number of rotatable bonds is 6. The number of carbonyl (C=O) groups excluding carboxylic acids is 3. The summed E-state index contributed by atoms with van der Waals surface area (Å²) in [5.41, 5.74) is -3.69. The number of carboxylic acid groups (broad SMARTS) is 2. The van der Waals surface area contributed by atoms with Gasteiger partial charge in [-0.15, -0.1) is 0 Å². The van der Waals surface area contributed by atoms with Gasteiger partial charge < -0.3 is 24.4 Å². The van der Waals surface area contributed by atoms with Gasteiger partial charge >= 0.3 is 29.8 Å². The smallest absolute Gasteiger partial charge is 0.339 e. The summed E-state index contributed by atoms with van der Waals surface area (Å²) in [6.07, 6.45) is 6.04. The molecule has 8 rings (SSSR count). The fraction of sp³-hybridized carbons (Fsp3) is 0.630. The van der Waals surface area contributed by atoms with Gasteiger partial charge in [0.2, 0.25) is 0 Å². The summed E-state index contributed by atoms with van der Waals surface area (Å²) in [5.74, 6) is -4.00. The second kappa shape index (κ2) is 12.4. The molecule has 300 valence electrons. The first-order valence-corrected chi connectivity index (χ1v) is 20.5. The van der Waals surface area contributed by atoms with Gasteiger partial charge in [0.1, 0.15) is 12.2 Å². The molecule has 5 aliphatic carbocycles. The Morgan fingerprint density at radius 3 is 1.75 bits per heavy atom. The first-order valence-electron chi connectivity index (χ1n) is 20.5. The Balaban J connectivity index is 1.20. The molecule has 0 radical (unpaired) electrons. The Kier molecular flexibility index (Phi) is 8.56. The molecule has 1 aliphatic heterocycles. The highest BCUT2D eigenvalue weighted by Crippen LogP contribution is 2.81. The van der Waals surface area contributed by atoms with Crippen molar-refractivity contribution in [2.24, 2.45) is 50.2 Å². The molecule has 5 saturated carbocycles. The van der Waals surface area contributed by atoms with E-state index in [1.807, 2.05) is 0 Å². The van der Waals surface area contributed by atoms with Crippen molar-refractivity contribution in [3.63, 3.8) is 0 Å². The van der Waals surface area contributed by atoms with Crippen LogP contribution < -0.4 is 0 Å². The van der Waals surface area contributed by atoms with Gasteiger partial charge in [0, 0.05) is 16.7 Å². The summed E-state index contributed by atoms with van der Waals surface area (Å²) >= 11 is 0. The van der Waals surface area contributed by atoms with Crippen LogP contribution in [0, 0.1) is 50.2 Å². The van der Waals surface area contributed by atoms with Crippen LogP contribution in [0.1, 0.15) is 154 Å². The minimum atomic E-state index is -1.22. The highest BCUT2D eigenvalue weighted by Gasteiger charge is 2.84. The summed E-state index contributed by atoms with van der Waals surface area (Å²) in [5, 5.41) is 19.8. The molecule has 0 aromatic heterocycles. The Hall–Kier alpha value is -4.21. The van der Waals surface area contributed by atoms with E-state index in [1.165, 1.54) is 24.3 Å².